The second-order valence-corrected chi connectivity index (χ2v) is 3.26. The van der Waals surface area contributed by atoms with Gasteiger partial charge in [-0.1, -0.05) is 22.6 Å². The zero-order chi connectivity index (χ0) is 10.3. The fraction of sp³-hybridized carbons (Fsp3) is 0.667. The molecule has 7 heteroatoms. The first kappa shape index (κ1) is 13.0. The molecule has 13 heavy (non-hydrogen) atoms. The molecule has 1 amide bonds. The van der Waals surface area contributed by atoms with Gasteiger partial charge >= 0.3 is 5.97 Å². The summed E-state index contributed by atoms with van der Waals surface area (Å²) in [5, 5.41) is 2.37. The fourth-order valence-electron chi connectivity index (χ4n) is 0.417. The van der Waals surface area contributed by atoms with Crippen molar-refractivity contribution in [3.63, 3.8) is 0 Å². The second kappa shape index (κ2) is 7.39. The molecule has 76 valence electrons. The van der Waals surface area contributed by atoms with Gasteiger partial charge in [-0.05, 0) is 0 Å². The monoisotopic (exact) mass is 318 g/mol. The lowest BCUT2D eigenvalue weighted by Crippen LogP contribution is -2.37. The summed E-state index contributed by atoms with van der Waals surface area (Å²) < 4.78 is 4.95. The van der Waals surface area contributed by atoms with Crippen LogP contribution in [0, 0.1) is 0 Å². The average Bonchev–Trinajstić information content (AvgIpc) is 2.15. The summed E-state index contributed by atoms with van der Waals surface area (Å²) in [5.41, 5.74) is 5.30. The smallest absolute Gasteiger partial charge is 0.325 e. The average molecular weight is 318 g/mol. The van der Waals surface area contributed by atoms with Crippen molar-refractivity contribution in [2.45, 2.75) is 6.04 Å². The molecule has 0 rings (SSSR count). The Morgan fingerprint density at radius 3 is 2.69 bits per heavy atom. The third-order valence-electron chi connectivity index (χ3n) is 1.10. The summed E-state index contributed by atoms with van der Waals surface area (Å²) in [6, 6.07) is -0.736. The lowest BCUT2D eigenvalue weighted by molar-refractivity contribution is -0.146. The molecule has 0 aliphatic rings. The van der Waals surface area contributed by atoms with Crippen LogP contribution < -0.4 is 11.1 Å². The van der Waals surface area contributed by atoms with Crippen LogP contribution in [0.2, 0.25) is 0 Å². The molecule has 0 saturated heterocycles. The van der Waals surface area contributed by atoms with E-state index in [0.29, 0.717) is 4.43 Å². The maximum absolute atomic E-state index is 10.9. The molecular formula is C6H11IN2O3S. The molecule has 5 nitrogen and oxygen atoms in total. The molecule has 0 aromatic rings. The van der Waals surface area contributed by atoms with Crippen LogP contribution in [0.1, 0.15) is 0 Å². The van der Waals surface area contributed by atoms with E-state index in [1.165, 1.54) is 0 Å². The molecule has 3 N–H and O–H groups in total. The zero-order valence-corrected chi connectivity index (χ0v) is 9.88. The highest BCUT2D eigenvalue weighted by atomic mass is 127. The molecule has 0 aromatic heterocycles. The number of nitrogens with two attached hydrogens (primary N) is 1. The van der Waals surface area contributed by atoms with Gasteiger partial charge in [0, 0.05) is 5.75 Å². The Bertz CT molecular complexity index is 191. The second-order valence-electron chi connectivity index (χ2n) is 2.13. The number of ether oxygens (including phenoxy) is 1. The summed E-state index contributed by atoms with van der Waals surface area (Å²) in [6.45, 7) is -0.137. The van der Waals surface area contributed by atoms with E-state index in [9.17, 15) is 9.59 Å². The molecule has 0 aliphatic carbocycles. The highest BCUT2D eigenvalue weighted by Crippen LogP contribution is 1.87. The minimum absolute atomic E-state index is 0.137. The maximum atomic E-state index is 10.9. The highest BCUT2D eigenvalue weighted by Gasteiger charge is 2.12. The Labute approximate surface area is 95.3 Å². The first-order valence-corrected chi connectivity index (χ1v) is 5.63. The molecule has 1 atom stereocenters. The number of carbonyl (C=O) groups excluding carboxylic acids is 2. The number of halogens is 1. The molecule has 0 spiro atoms. The maximum Gasteiger partial charge on any atom is 0.325 e. The summed E-state index contributed by atoms with van der Waals surface area (Å²) >= 11 is 5.72. The van der Waals surface area contributed by atoms with Gasteiger partial charge in [-0.25, -0.2) is 0 Å². The van der Waals surface area contributed by atoms with E-state index in [0.717, 1.165) is 0 Å². The molecule has 0 fully saturated rings. The Morgan fingerprint density at radius 1 is 1.62 bits per heavy atom. The molecule has 0 radical (unpaired) electrons. The van der Waals surface area contributed by atoms with E-state index in [2.05, 4.69) is 22.7 Å². The summed E-state index contributed by atoms with van der Waals surface area (Å²) in [6.07, 6.45) is 0. The number of rotatable bonds is 5. The largest absolute Gasteiger partial charge is 0.443 e. The quantitative estimate of drug-likeness (QED) is 0.206. The van der Waals surface area contributed by atoms with Crippen LogP contribution in [0.25, 0.3) is 0 Å². The predicted molar refractivity (Wildman–Crippen MR) is 59.8 cm³/mol. The molecule has 0 aromatic carbocycles. The minimum atomic E-state index is -0.736. The number of alkyl halides is 1. The van der Waals surface area contributed by atoms with Crippen LogP contribution in [0.4, 0.5) is 0 Å². The van der Waals surface area contributed by atoms with Gasteiger partial charge in [0.25, 0.3) is 0 Å². The van der Waals surface area contributed by atoms with E-state index in [4.69, 9.17) is 5.73 Å². The highest BCUT2D eigenvalue weighted by molar-refractivity contribution is 14.1. The van der Waals surface area contributed by atoms with Gasteiger partial charge in [0.05, 0.1) is 4.43 Å². The number of esters is 1. The van der Waals surface area contributed by atoms with Gasteiger partial charge in [-0.15, -0.1) is 0 Å². The SMILES string of the molecule is N[C@@H](CS)C(=O)OCNC(=O)CI. The van der Waals surface area contributed by atoms with Crippen LogP contribution in [0.3, 0.4) is 0 Å². The number of hydrogen-bond donors (Lipinski definition) is 3. The van der Waals surface area contributed by atoms with E-state index >= 15 is 0 Å². The number of amides is 1. The number of nitrogens with one attached hydrogen (secondary N) is 1. The van der Waals surface area contributed by atoms with Crippen LogP contribution >= 0.6 is 35.2 Å². The van der Waals surface area contributed by atoms with Gasteiger partial charge in [0.1, 0.15) is 6.04 Å². The van der Waals surface area contributed by atoms with Crippen molar-refractivity contribution in [1.29, 1.82) is 0 Å². The summed E-state index contributed by atoms with van der Waals surface area (Å²) in [7, 11) is 0. The van der Waals surface area contributed by atoms with Gasteiger partial charge in [-0.2, -0.15) is 12.6 Å². The molecular weight excluding hydrogens is 307 g/mol. The topological polar surface area (TPSA) is 81.4 Å². The van der Waals surface area contributed by atoms with Crippen LogP contribution in [0.15, 0.2) is 0 Å². The van der Waals surface area contributed by atoms with Crippen molar-refractivity contribution >= 4 is 47.1 Å². The fourth-order valence-corrected chi connectivity index (χ4v) is 0.835. The molecule has 0 saturated carbocycles. The van der Waals surface area contributed by atoms with E-state index in [-0.39, 0.29) is 18.4 Å². The van der Waals surface area contributed by atoms with Crippen molar-refractivity contribution in [1.82, 2.24) is 5.32 Å². The number of carbonyl (C=O) groups is 2. The standard InChI is InChI=1S/C6H11IN2O3S/c7-1-5(10)9-3-12-6(11)4(8)2-13/h4,13H,1-3,8H2,(H,9,10)/t4-/m0/s1. The van der Waals surface area contributed by atoms with Crippen LogP contribution in [0.5, 0.6) is 0 Å². The summed E-state index contributed by atoms with van der Waals surface area (Å²) in [4.78, 5) is 21.6. The predicted octanol–water partition coefficient (Wildman–Crippen LogP) is -0.705. The minimum Gasteiger partial charge on any atom is -0.443 e. The first-order valence-electron chi connectivity index (χ1n) is 3.47. The lowest BCUT2D eigenvalue weighted by atomic mass is 10.4. The number of hydrogen-bond acceptors (Lipinski definition) is 5. The molecule has 0 aliphatic heterocycles. The number of thiol groups is 1. The van der Waals surface area contributed by atoms with E-state index < -0.39 is 12.0 Å². The van der Waals surface area contributed by atoms with E-state index in [1.54, 1.807) is 0 Å². The van der Waals surface area contributed by atoms with Crippen molar-refractivity contribution in [3.05, 3.63) is 0 Å². The van der Waals surface area contributed by atoms with Crippen molar-refractivity contribution in [3.8, 4) is 0 Å². The van der Waals surface area contributed by atoms with E-state index in [1.807, 2.05) is 22.6 Å². The molecule has 0 heterocycles. The van der Waals surface area contributed by atoms with Crippen LogP contribution in [-0.4, -0.2) is 34.8 Å². The van der Waals surface area contributed by atoms with Crippen molar-refractivity contribution in [2.24, 2.45) is 5.73 Å². The Balaban J connectivity index is 3.53. The normalized spacial score (nSPS) is 11.9. The van der Waals surface area contributed by atoms with Gasteiger partial charge in [-0.3, -0.25) is 9.59 Å². The lowest BCUT2D eigenvalue weighted by Gasteiger charge is -2.08. The van der Waals surface area contributed by atoms with Gasteiger partial charge in [0.15, 0.2) is 6.73 Å². The van der Waals surface area contributed by atoms with Crippen molar-refractivity contribution < 1.29 is 14.3 Å². The Morgan fingerprint density at radius 2 is 2.23 bits per heavy atom. The Hall–Kier alpha value is -0.0200. The third kappa shape index (κ3) is 6.11. The zero-order valence-electron chi connectivity index (χ0n) is 6.83. The van der Waals surface area contributed by atoms with Gasteiger partial charge < -0.3 is 15.8 Å². The van der Waals surface area contributed by atoms with Gasteiger partial charge in [0.2, 0.25) is 5.91 Å². The third-order valence-corrected chi connectivity index (χ3v) is 2.19. The molecule has 0 unspecified atom stereocenters. The van der Waals surface area contributed by atoms with Crippen LogP contribution in [-0.2, 0) is 14.3 Å². The summed E-state index contributed by atoms with van der Waals surface area (Å²) in [5.74, 6) is -0.532. The van der Waals surface area contributed by atoms with Crippen molar-refractivity contribution in [2.75, 3.05) is 16.9 Å². The first-order chi connectivity index (χ1) is 6.11. The molecule has 0 bridgehead atoms. The Kier molecular flexibility index (Phi) is 7.38.